The van der Waals surface area contributed by atoms with E-state index in [0.29, 0.717) is 10.0 Å². The Hall–Kier alpha value is -1.83. The van der Waals surface area contributed by atoms with Gasteiger partial charge in [0.05, 0.1) is 27.0 Å². The van der Waals surface area contributed by atoms with E-state index < -0.39 is 0 Å². The second-order valence-electron chi connectivity index (χ2n) is 4.26. The number of fused-ring (bicyclic) bond motifs is 1. The number of hydrogen-bond donors (Lipinski definition) is 2. The Morgan fingerprint density at radius 2 is 2.29 bits per heavy atom. The standard InChI is InChI=1S/C13H11ClN4OS2/c1-8(10-2-3-11(14)21-10)16-17-12(19)6-9-7-18-4-5-20-13(18)15-9/h2-5,7,16H,1,6H2,(H,17,19). The summed E-state index contributed by atoms with van der Waals surface area (Å²) in [5, 5.41) is 1.95. The molecule has 0 aliphatic rings. The van der Waals surface area contributed by atoms with E-state index >= 15 is 0 Å². The van der Waals surface area contributed by atoms with Crippen molar-refractivity contribution in [2.75, 3.05) is 0 Å². The molecule has 0 unspecified atom stereocenters. The minimum Gasteiger partial charge on any atom is -0.298 e. The van der Waals surface area contributed by atoms with Gasteiger partial charge in [0.25, 0.3) is 0 Å². The number of halogens is 1. The van der Waals surface area contributed by atoms with Gasteiger partial charge < -0.3 is 0 Å². The normalized spacial score (nSPS) is 10.7. The monoisotopic (exact) mass is 338 g/mol. The molecule has 0 spiro atoms. The van der Waals surface area contributed by atoms with Gasteiger partial charge in [-0.3, -0.25) is 20.0 Å². The van der Waals surface area contributed by atoms with Gasteiger partial charge in [0, 0.05) is 17.8 Å². The van der Waals surface area contributed by atoms with Gasteiger partial charge in [-0.05, 0) is 12.1 Å². The summed E-state index contributed by atoms with van der Waals surface area (Å²) in [5.41, 5.74) is 6.72. The molecule has 3 rings (SSSR count). The van der Waals surface area contributed by atoms with Crippen molar-refractivity contribution in [2.45, 2.75) is 6.42 Å². The van der Waals surface area contributed by atoms with Gasteiger partial charge in [0.2, 0.25) is 5.91 Å². The van der Waals surface area contributed by atoms with E-state index in [1.54, 1.807) is 6.07 Å². The van der Waals surface area contributed by atoms with Crippen LogP contribution in [0.5, 0.6) is 0 Å². The van der Waals surface area contributed by atoms with Gasteiger partial charge in [-0.1, -0.05) is 18.2 Å². The molecule has 5 nitrogen and oxygen atoms in total. The number of rotatable bonds is 5. The summed E-state index contributed by atoms with van der Waals surface area (Å²) in [4.78, 5) is 18.0. The number of imidazole rings is 1. The number of nitrogens with one attached hydrogen (secondary N) is 2. The number of thiazole rings is 1. The van der Waals surface area contributed by atoms with Crippen LogP contribution < -0.4 is 10.9 Å². The molecule has 0 bridgehead atoms. The Kier molecular flexibility index (Phi) is 3.96. The summed E-state index contributed by atoms with van der Waals surface area (Å²) in [6, 6.07) is 3.63. The summed E-state index contributed by atoms with van der Waals surface area (Å²) >= 11 is 8.78. The minimum absolute atomic E-state index is 0.176. The van der Waals surface area contributed by atoms with E-state index in [1.165, 1.54) is 22.7 Å². The average Bonchev–Trinajstić information content (AvgIpc) is 3.11. The van der Waals surface area contributed by atoms with Gasteiger partial charge in [0.15, 0.2) is 4.96 Å². The fourth-order valence-electron chi connectivity index (χ4n) is 1.75. The van der Waals surface area contributed by atoms with Crippen molar-refractivity contribution >= 4 is 50.8 Å². The number of nitrogens with zero attached hydrogens (tertiary/aromatic N) is 2. The highest BCUT2D eigenvalue weighted by Gasteiger charge is 2.09. The first-order chi connectivity index (χ1) is 10.1. The Balaban J connectivity index is 1.54. The number of thiophene rings is 1. The van der Waals surface area contributed by atoms with Crippen LogP contribution in [0.15, 0.2) is 36.5 Å². The number of amides is 1. The van der Waals surface area contributed by atoms with E-state index in [0.717, 1.165) is 15.5 Å². The molecule has 0 aliphatic heterocycles. The van der Waals surface area contributed by atoms with Crippen LogP contribution in [-0.2, 0) is 11.2 Å². The molecule has 8 heteroatoms. The van der Waals surface area contributed by atoms with Crippen LogP contribution in [0.4, 0.5) is 0 Å². The molecule has 0 saturated heterocycles. The first-order valence-electron chi connectivity index (χ1n) is 6.02. The van der Waals surface area contributed by atoms with Crippen molar-refractivity contribution in [3.8, 4) is 0 Å². The lowest BCUT2D eigenvalue weighted by molar-refractivity contribution is -0.121. The summed E-state index contributed by atoms with van der Waals surface area (Å²) in [7, 11) is 0. The number of hydrogen-bond acceptors (Lipinski definition) is 5. The maximum Gasteiger partial charge on any atom is 0.244 e. The molecule has 2 N–H and O–H groups in total. The molecule has 0 fully saturated rings. The van der Waals surface area contributed by atoms with Crippen LogP contribution in [-0.4, -0.2) is 15.3 Å². The molecule has 3 aromatic heterocycles. The first-order valence-corrected chi connectivity index (χ1v) is 8.10. The van der Waals surface area contributed by atoms with Crippen molar-refractivity contribution in [1.82, 2.24) is 20.2 Å². The maximum absolute atomic E-state index is 11.9. The lowest BCUT2D eigenvalue weighted by atomic mass is 10.3. The predicted molar refractivity (Wildman–Crippen MR) is 86.4 cm³/mol. The SMILES string of the molecule is C=C(NNC(=O)Cc1cn2ccsc2n1)c1ccc(Cl)s1. The fourth-order valence-corrected chi connectivity index (χ4v) is 3.44. The zero-order valence-electron chi connectivity index (χ0n) is 10.8. The largest absolute Gasteiger partial charge is 0.298 e. The van der Waals surface area contributed by atoms with E-state index in [9.17, 15) is 4.79 Å². The van der Waals surface area contributed by atoms with Gasteiger partial charge in [0.1, 0.15) is 0 Å². The smallest absolute Gasteiger partial charge is 0.244 e. The lowest BCUT2D eigenvalue weighted by Crippen LogP contribution is -2.36. The van der Waals surface area contributed by atoms with E-state index in [-0.39, 0.29) is 12.3 Å². The zero-order valence-corrected chi connectivity index (χ0v) is 13.2. The highest BCUT2D eigenvalue weighted by Crippen LogP contribution is 2.25. The van der Waals surface area contributed by atoms with E-state index in [4.69, 9.17) is 11.6 Å². The number of hydrazine groups is 1. The highest BCUT2D eigenvalue weighted by molar-refractivity contribution is 7.17. The summed E-state index contributed by atoms with van der Waals surface area (Å²) in [5.74, 6) is -0.176. The third kappa shape index (κ3) is 3.26. The van der Waals surface area contributed by atoms with Crippen LogP contribution >= 0.6 is 34.3 Å². The molecule has 3 aromatic rings. The summed E-state index contributed by atoms with van der Waals surface area (Å²) in [6.45, 7) is 3.85. The van der Waals surface area contributed by atoms with Crippen molar-refractivity contribution < 1.29 is 4.79 Å². The molecular formula is C13H11ClN4OS2. The summed E-state index contributed by atoms with van der Waals surface area (Å²) in [6.07, 6.45) is 3.97. The van der Waals surface area contributed by atoms with E-state index in [1.807, 2.05) is 28.2 Å². The van der Waals surface area contributed by atoms with Crippen molar-refractivity contribution in [1.29, 1.82) is 0 Å². The Morgan fingerprint density at radius 3 is 3.00 bits per heavy atom. The average molecular weight is 339 g/mol. The molecule has 0 aromatic carbocycles. The molecule has 1 amide bonds. The van der Waals surface area contributed by atoms with Crippen LogP contribution in [0.3, 0.4) is 0 Å². The van der Waals surface area contributed by atoms with Gasteiger partial charge >= 0.3 is 0 Å². The molecule has 0 atom stereocenters. The quantitative estimate of drug-likeness (QED) is 0.703. The Morgan fingerprint density at radius 1 is 1.43 bits per heavy atom. The maximum atomic E-state index is 11.9. The molecule has 0 aliphatic carbocycles. The molecule has 3 heterocycles. The highest BCUT2D eigenvalue weighted by atomic mass is 35.5. The third-order valence-corrected chi connectivity index (χ3v) is 4.77. The predicted octanol–water partition coefficient (Wildman–Crippen LogP) is 2.94. The molecule has 21 heavy (non-hydrogen) atoms. The topological polar surface area (TPSA) is 58.4 Å². The molecule has 0 saturated carbocycles. The first kappa shape index (κ1) is 14.1. The van der Waals surface area contributed by atoms with Gasteiger partial charge in [-0.2, -0.15) is 0 Å². The number of aromatic nitrogens is 2. The van der Waals surface area contributed by atoms with Crippen LogP contribution in [0, 0.1) is 0 Å². The van der Waals surface area contributed by atoms with Crippen LogP contribution in [0.1, 0.15) is 10.6 Å². The Labute approximate surface area is 133 Å². The molecule has 0 radical (unpaired) electrons. The minimum atomic E-state index is -0.176. The summed E-state index contributed by atoms with van der Waals surface area (Å²) < 4.78 is 2.57. The Bertz CT molecular complexity index is 775. The van der Waals surface area contributed by atoms with Crippen LogP contribution in [0.25, 0.3) is 10.7 Å². The zero-order chi connectivity index (χ0) is 14.8. The van der Waals surface area contributed by atoms with Crippen LogP contribution in [0.2, 0.25) is 4.34 Å². The fraction of sp³-hybridized carbons (Fsp3) is 0.0769. The second-order valence-corrected chi connectivity index (χ2v) is 6.85. The molecular weight excluding hydrogens is 328 g/mol. The van der Waals surface area contributed by atoms with E-state index in [2.05, 4.69) is 22.4 Å². The van der Waals surface area contributed by atoms with Crippen molar-refractivity contribution in [2.24, 2.45) is 0 Å². The lowest BCUT2D eigenvalue weighted by Gasteiger charge is -2.08. The molecule has 108 valence electrons. The number of carbonyl (C=O) groups is 1. The second kappa shape index (κ2) is 5.88. The number of carbonyl (C=O) groups excluding carboxylic acids is 1. The van der Waals surface area contributed by atoms with Crippen molar-refractivity contribution in [3.63, 3.8) is 0 Å². The van der Waals surface area contributed by atoms with Gasteiger partial charge in [-0.15, -0.1) is 22.7 Å². The third-order valence-electron chi connectivity index (χ3n) is 2.71. The van der Waals surface area contributed by atoms with Crippen molar-refractivity contribution in [3.05, 3.63) is 51.4 Å². The van der Waals surface area contributed by atoms with Gasteiger partial charge in [-0.25, -0.2) is 4.98 Å².